The van der Waals surface area contributed by atoms with Crippen molar-refractivity contribution in [3.63, 3.8) is 0 Å². The quantitative estimate of drug-likeness (QED) is 0.162. The zero-order valence-electron chi connectivity index (χ0n) is 26.8. The van der Waals surface area contributed by atoms with Crippen LogP contribution in [0.3, 0.4) is 0 Å². The third kappa shape index (κ3) is 8.08. The molecule has 1 aliphatic rings. The van der Waals surface area contributed by atoms with Crippen LogP contribution in [0.1, 0.15) is 51.5 Å². The van der Waals surface area contributed by atoms with Crippen LogP contribution in [-0.4, -0.2) is 66.8 Å². The zero-order valence-corrected chi connectivity index (χ0v) is 27.6. The highest BCUT2D eigenvalue weighted by Crippen LogP contribution is 2.35. The summed E-state index contributed by atoms with van der Waals surface area (Å²) in [6.07, 6.45) is 3.96. The van der Waals surface area contributed by atoms with E-state index in [9.17, 15) is 4.79 Å². The molecule has 46 heavy (non-hydrogen) atoms. The molecule has 1 aromatic heterocycles. The average Bonchev–Trinajstić information content (AvgIpc) is 3.41. The Labute approximate surface area is 276 Å². The zero-order chi connectivity index (χ0) is 32.7. The van der Waals surface area contributed by atoms with E-state index in [0.717, 1.165) is 67.8 Å². The number of carbonyl (C=O) groups is 1. The molecule has 2 heterocycles. The monoisotopic (exact) mass is 643 g/mol. The topological polar surface area (TPSA) is 125 Å². The third-order valence-corrected chi connectivity index (χ3v) is 9.39. The summed E-state index contributed by atoms with van der Waals surface area (Å²) >= 11 is 6.13. The SMILES string of the molecule is COc1ccc(CCC[N+]2(CCCc3ccc(OC)cc3)CC(NC(=O)c3nc(Cl)c(N)nc3N)[C@H](c3ccc(C)cc3)C2)cc1. The van der Waals surface area contributed by atoms with Crippen molar-refractivity contribution in [2.75, 3.05) is 51.9 Å². The lowest BCUT2D eigenvalue weighted by molar-refractivity contribution is -0.918. The van der Waals surface area contributed by atoms with Crippen LogP contribution in [0.5, 0.6) is 11.5 Å². The van der Waals surface area contributed by atoms with Gasteiger partial charge in [-0.3, -0.25) is 4.79 Å². The summed E-state index contributed by atoms with van der Waals surface area (Å²) in [5, 5.41) is 3.24. The smallest absolute Gasteiger partial charge is 0.274 e. The molecule has 5 N–H and O–H groups in total. The molecule has 10 heteroatoms. The Kier molecular flexibility index (Phi) is 10.7. The molecule has 1 amide bonds. The highest BCUT2D eigenvalue weighted by Gasteiger charge is 2.46. The standard InChI is InChI=1S/C36H43ClN6O3/c1-24-8-14-27(15-9-24)30-22-43(20-4-6-25-10-16-28(45-2)17-11-25,21-5-7-26-12-18-29(46-3)19-13-26)23-31(30)40-36(44)32-34(38)42-35(39)33(37)41-32/h8-19,30-31H,4-7,20-23H2,1-3H3,(H4-,38,39,40,42,44)/p+1/t30-,31?/m0/s1. The second-order valence-electron chi connectivity index (χ2n) is 12.3. The summed E-state index contributed by atoms with van der Waals surface area (Å²) in [5.41, 5.74) is 16.8. The van der Waals surface area contributed by atoms with Crippen molar-refractivity contribution in [1.82, 2.24) is 15.3 Å². The number of ether oxygens (including phenoxy) is 2. The van der Waals surface area contributed by atoms with Gasteiger partial charge >= 0.3 is 0 Å². The van der Waals surface area contributed by atoms with E-state index >= 15 is 0 Å². The Balaban J connectivity index is 1.39. The minimum Gasteiger partial charge on any atom is -0.497 e. The lowest BCUT2D eigenvalue weighted by Gasteiger charge is -2.35. The second kappa shape index (κ2) is 14.8. The first-order chi connectivity index (χ1) is 22.2. The van der Waals surface area contributed by atoms with Gasteiger partial charge in [-0.15, -0.1) is 0 Å². The number of aromatic nitrogens is 2. The predicted octanol–water partition coefficient (Wildman–Crippen LogP) is 5.60. The number of quaternary nitrogens is 1. The summed E-state index contributed by atoms with van der Waals surface area (Å²) in [5.74, 6) is 1.38. The van der Waals surface area contributed by atoms with E-state index in [1.54, 1.807) is 14.2 Å². The normalized spacial score (nSPS) is 17.0. The largest absolute Gasteiger partial charge is 0.497 e. The summed E-state index contributed by atoms with van der Waals surface area (Å²) in [7, 11) is 3.37. The van der Waals surface area contributed by atoms with Crippen LogP contribution in [-0.2, 0) is 12.8 Å². The molecule has 2 atom stereocenters. The molecule has 5 rings (SSSR count). The maximum Gasteiger partial charge on any atom is 0.274 e. The number of methoxy groups -OCH3 is 2. The number of hydrogen-bond donors (Lipinski definition) is 3. The maximum atomic E-state index is 13.6. The van der Waals surface area contributed by atoms with Crippen LogP contribution in [0.2, 0.25) is 5.15 Å². The van der Waals surface area contributed by atoms with E-state index in [4.69, 9.17) is 32.5 Å². The molecule has 0 radical (unpaired) electrons. The van der Waals surface area contributed by atoms with Gasteiger partial charge in [-0.2, -0.15) is 0 Å². The lowest BCUT2D eigenvalue weighted by atomic mass is 9.93. The van der Waals surface area contributed by atoms with Crippen molar-refractivity contribution in [2.45, 2.75) is 44.6 Å². The van der Waals surface area contributed by atoms with Gasteiger partial charge in [0.05, 0.1) is 45.8 Å². The number of nitrogens with zero attached hydrogens (tertiary/aromatic N) is 3. The lowest BCUT2D eigenvalue weighted by Crippen LogP contribution is -2.50. The van der Waals surface area contributed by atoms with Crippen LogP contribution in [0, 0.1) is 6.92 Å². The first-order valence-corrected chi connectivity index (χ1v) is 16.1. The van der Waals surface area contributed by atoms with Gasteiger partial charge in [-0.1, -0.05) is 65.7 Å². The predicted molar refractivity (Wildman–Crippen MR) is 183 cm³/mol. The molecular weight excluding hydrogens is 600 g/mol. The summed E-state index contributed by atoms with van der Waals surface area (Å²) in [6.45, 7) is 5.75. The number of carbonyl (C=O) groups excluding carboxylic acids is 1. The number of aryl methyl sites for hydroxylation is 3. The van der Waals surface area contributed by atoms with Crippen molar-refractivity contribution in [1.29, 1.82) is 0 Å². The number of amides is 1. The van der Waals surface area contributed by atoms with E-state index < -0.39 is 5.91 Å². The third-order valence-electron chi connectivity index (χ3n) is 9.11. The van der Waals surface area contributed by atoms with Crippen molar-refractivity contribution in [3.05, 3.63) is 106 Å². The Morgan fingerprint density at radius 1 is 0.826 bits per heavy atom. The number of nitrogen functional groups attached to an aromatic ring is 2. The minimum atomic E-state index is -0.398. The van der Waals surface area contributed by atoms with E-state index in [2.05, 4.69) is 70.7 Å². The highest BCUT2D eigenvalue weighted by atomic mass is 35.5. The molecule has 1 aliphatic heterocycles. The minimum absolute atomic E-state index is 0.00137. The Morgan fingerprint density at radius 2 is 1.37 bits per heavy atom. The first-order valence-electron chi connectivity index (χ1n) is 15.8. The Hall–Kier alpha value is -4.34. The van der Waals surface area contributed by atoms with Crippen molar-refractivity contribution >= 4 is 29.1 Å². The maximum absolute atomic E-state index is 13.6. The van der Waals surface area contributed by atoms with Crippen LogP contribution < -0.4 is 26.3 Å². The van der Waals surface area contributed by atoms with Crippen LogP contribution >= 0.6 is 11.6 Å². The number of halogens is 1. The van der Waals surface area contributed by atoms with Crippen LogP contribution in [0.4, 0.5) is 11.6 Å². The Bertz CT molecular complexity index is 1560. The molecular formula is C36H44ClN6O3+. The van der Waals surface area contributed by atoms with E-state index in [0.29, 0.717) is 0 Å². The highest BCUT2D eigenvalue weighted by molar-refractivity contribution is 6.31. The number of rotatable bonds is 13. The van der Waals surface area contributed by atoms with Gasteiger partial charge in [0.1, 0.15) is 18.0 Å². The average molecular weight is 644 g/mol. The van der Waals surface area contributed by atoms with Gasteiger partial charge in [-0.25, -0.2) is 9.97 Å². The summed E-state index contributed by atoms with van der Waals surface area (Å²) < 4.78 is 11.6. The molecule has 242 valence electrons. The molecule has 0 saturated carbocycles. The fourth-order valence-electron chi connectivity index (χ4n) is 6.61. The molecule has 1 unspecified atom stereocenters. The fourth-order valence-corrected chi connectivity index (χ4v) is 6.73. The van der Waals surface area contributed by atoms with Gasteiger partial charge < -0.3 is 30.7 Å². The van der Waals surface area contributed by atoms with Crippen LogP contribution in [0.15, 0.2) is 72.8 Å². The first kappa shape index (κ1) is 33.0. The fraction of sp³-hybridized carbons (Fsp3) is 0.361. The molecule has 0 spiro atoms. The number of benzene rings is 3. The van der Waals surface area contributed by atoms with E-state index in [1.165, 1.54) is 22.3 Å². The molecule has 1 saturated heterocycles. The molecule has 0 aliphatic carbocycles. The van der Waals surface area contributed by atoms with Gasteiger partial charge in [-0.05, 0) is 60.7 Å². The number of nitrogens with one attached hydrogen (secondary N) is 1. The summed E-state index contributed by atoms with van der Waals surface area (Å²) in [4.78, 5) is 21.8. The van der Waals surface area contributed by atoms with Crippen molar-refractivity contribution in [2.24, 2.45) is 0 Å². The number of anilines is 2. The molecule has 9 nitrogen and oxygen atoms in total. The molecule has 4 aromatic rings. The number of likely N-dealkylation sites (tertiary alicyclic amines) is 1. The van der Waals surface area contributed by atoms with E-state index in [1.807, 2.05) is 24.3 Å². The summed E-state index contributed by atoms with van der Waals surface area (Å²) in [6, 6.07) is 25.1. The van der Waals surface area contributed by atoms with Gasteiger partial charge in [0.15, 0.2) is 22.5 Å². The van der Waals surface area contributed by atoms with Crippen molar-refractivity contribution < 1.29 is 18.8 Å². The number of hydrogen-bond acceptors (Lipinski definition) is 7. The number of nitrogens with two attached hydrogens (primary N) is 2. The molecule has 1 fully saturated rings. The van der Waals surface area contributed by atoms with Crippen LogP contribution in [0.25, 0.3) is 0 Å². The molecule has 0 bridgehead atoms. The molecule has 3 aromatic carbocycles. The Morgan fingerprint density at radius 3 is 1.89 bits per heavy atom. The van der Waals surface area contributed by atoms with Crippen molar-refractivity contribution in [3.8, 4) is 11.5 Å². The second-order valence-corrected chi connectivity index (χ2v) is 12.6. The van der Waals surface area contributed by atoms with Gasteiger partial charge in [0.2, 0.25) is 0 Å². The van der Waals surface area contributed by atoms with Gasteiger partial charge in [0, 0.05) is 12.8 Å². The van der Waals surface area contributed by atoms with E-state index in [-0.39, 0.29) is 34.4 Å². The van der Waals surface area contributed by atoms with Gasteiger partial charge in [0.25, 0.3) is 5.91 Å².